The van der Waals surface area contributed by atoms with Crippen molar-refractivity contribution in [2.75, 3.05) is 5.32 Å². The van der Waals surface area contributed by atoms with E-state index in [1.54, 1.807) is 29.2 Å². The van der Waals surface area contributed by atoms with Crippen LogP contribution in [-0.2, 0) is 0 Å². The Morgan fingerprint density at radius 1 is 1.11 bits per heavy atom. The first-order valence-electron chi connectivity index (χ1n) is 7.92. The summed E-state index contributed by atoms with van der Waals surface area (Å²) in [6.45, 7) is 1.81. The zero-order valence-electron chi connectivity index (χ0n) is 14.1. The molecule has 27 heavy (non-hydrogen) atoms. The molecule has 4 heterocycles. The third kappa shape index (κ3) is 3.27. The summed E-state index contributed by atoms with van der Waals surface area (Å²) in [5.74, 6) is 0.0608. The summed E-state index contributed by atoms with van der Waals surface area (Å²) in [7, 11) is 0. The van der Waals surface area contributed by atoms with E-state index in [1.807, 2.05) is 13.0 Å². The molecule has 0 aliphatic carbocycles. The molecule has 0 aliphatic rings. The molecule has 0 bridgehead atoms. The molecule has 0 saturated heterocycles. The van der Waals surface area contributed by atoms with Crippen LogP contribution in [0.3, 0.4) is 0 Å². The first-order chi connectivity index (χ1) is 13.1. The highest BCUT2D eigenvalue weighted by Gasteiger charge is 2.16. The molecule has 0 aromatic carbocycles. The summed E-state index contributed by atoms with van der Waals surface area (Å²) in [5.41, 5.74) is 2.36. The Bertz CT molecular complexity index is 1090. The Labute approximate surface area is 158 Å². The summed E-state index contributed by atoms with van der Waals surface area (Å²) < 4.78 is 1.65. The second kappa shape index (κ2) is 6.96. The number of carbonyl (C=O) groups excluding carboxylic acids is 1. The molecular formula is C17H13ClN8O. The van der Waals surface area contributed by atoms with Crippen molar-refractivity contribution in [1.82, 2.24) is 34.7 Å². The third-order valence-corrected chi connectivity index (χ3v) is 4.11. The van der Waals surface area contributed by atoms with Gasteiger partial charge in [0.05, 0.1) is 58.6 Å². The van der Waals surface area contributed by atoms with Crippen LogP contribution in [0.1, 0.15) is 16.1 Å². The smallest absolute Gasteiger partial charge is 0.259 e. The monoisotopic (exact) mass is 380 g/mol. The highest BCUT2D eigenvalue weighted by Crippen LogP contribution is 2.22. The molecule has 0 fully saturated rings. The average Bonchev–Trinajstić information content (AvgIpc) is 3.32. The van der Waals surface area contributed by atoms with Gasteiger partial charge in [0.2, 0.25) is 0 Å². The van der Waals surface area contributed by atoms with Crippen molar-refractivity contribution in [3.63, 3.8) is 0 Å². The third-order valence-electron chi connectivity index (χ3n) is 3.83. The Morgan fingerprint density at radius 3 is 2.63 bits per heavy atom. The quantitative estimate of drug-likeness (QED) is 0.583. The van der Waals surface area contributed by atoms with Crippen LogP contribution >= 0.6 is 11.6 Å². The normalized spacial score (nSPS) is 10.7. The number of nitrogens with zero attached hydrogens (tertiary/aromatic N) is 7. The minimum atomic E-state index is -0.314. The van der Waals surface area contributed by atoms with Crippen molar-refractivity contribution >= 4 is 23.2 Å². The Kier molecular flexibility index (Phi) is 4.35. The number of hydrogen-bond acceptors (Lipinski definition) is 6. The highest BCUT2D eigenvalue weighted by atomic mass is 35.5. The molecule has 0 aliphatic heterocycles. The van der Waals surface area contributed by atoms with Gasteiger partial charge in [0.25, 0.3) is 5.91 Å². The lowest BCUT2D eigenvalue weighted by Crippen LogP contribution is -2.14. The predicted molar refractivity (Wildman–Crippen MR) is 98.2 cm³/mol. The van der Waals surface area contributed by atoms with Gasteiger partial charge in [-0.3, -0.25) is 9.78 Å². The van der Waals surface area contributed by atoms with Crippen LogP contribution in [-0.4, -0.2) is 40.6 Å². The topological polar surface area (TPSA) is 103 Å². The molecule has 4 rings (SSSR count). The van der Waals surface area contributed by atoms with Gasteiger partial charge in [0, 0.05) is 6.20 Å². The van der Waals surface area contributed by atoms with Crippen LogP contribution in [0.2, 0.25) is 5.02 Å². The van der Waals surface area contributed by atoms with Gasteiger partial charge in [-0.1, -0.05) is 11.6 Å². The van der Waals surface area contributed by atoms with Gasteiger partial charge >= 0.3 is 0 Å². The van der Waals surface area contributed by atoms with Crippen LogP contribution in [0.5, 0.6) is 0 Å². The van der Waals surface area contributed by atoms with Gasteiger partial charge in [0.15, 0.2) is 5.82 Å². The molecule has 0 atom stereocenters. The number of hydrogen-bond donors (Lipinski definition) is 1. The van der Waals surface area contributed by atoms with E-state index in [0.717, 1.165) is 5.69 Å². The van der Waals surface area contributed by atoms with Crippen molar-refractivity contribution in [3.05, 3.63) is 71.7 Å². The van der Waals surface area contributed by atoms with Gasteiger partial charge in [0.1, 0.15) is 0 Å². The molecule has 0 spiro atoms. The van der Waals surface area contributed by atoms with Crippen LogP contribution < -0.4 is 5.32 Å². The minimum Gasteiger partial charge on any atom is -0.320 e. The maximum atomic E-state index is 12.6. The van der Waals surface area contributed by atoms with Crippen LogP contribution in [0.4, 0.5) is 5.69 Å². The molecular weight excluding hydrogens is 368 g/mol. The molecule has 1 amide bonds. The van der Waals surface area contributed by atoms with Crippen molar-refractivity contribution < 1.29 is 4.79 Å². The molecule has 0 saturated carbocycles. The Morgan fingerprint density at radius 2 is 1.93 bits per heavy atom. The molecule has 134 valence electrons. The van der Waals surface area contributed by atoms with E-state index in [2.05, 4.69) is 30.6 Å². The van der Waals surface area contributed by atoms with E-state index in [0.29, 0.717) is 27.8 Å². The summed E-state index contributed by atoms with van der Waals surface area (Å²) in [5, 5.41) is 15.3. The van der Waals surface area contributed by atoms with Gasteiger partial charge < -0.3 is 5.32 Å². The summed E-state index contributed by atoms with van der Waals surface area (Å²) >= 11 is 6.23. The summed E-state index contributed by atoms with van der Waals surface area (Å²) in [6.07, 6.45) is 9.40. The number of carbonyl (C=O) groups is 1. The molecule has 9 nitrogen and oxygen atoms in total. The van der Waals surface area contributed by atoms with E-state index in [1.165, 1.54) is 29.6 Å². The number of aromatic nitrogens is 7. The van der Waals surface area contributed by atoms with E-state index in [9.17, 15) is 4.79 Å². The molecule has 0 radical (unpaired) electrons. The highest BCUT2D eigenvalue weighted by molar-refractivity contribution is 6.32. The second-order valence-corrected chi connectivity index (χ2v) is 5.98. The second-order valence-electron chi connectivity index (χ2n) is 5.57. The minimum absolute atomic E-state index is 0.312. The molecule has 4 aromatic rings. The van der Waals surface area contributed by atoms with Crippen molar-refractivity contribution in [3.8, 4) is 11.5 Å². The largest absolute Gasteiger partial charge is 0.320 e. The lowest BCUT2D eigenvalue weighted by Gasteiger charge is -2.08. The Balaban J connectivity index is 1.56. The van der Waals surface area contributed by atoms with Crippen LogP contribution in [0.15, 0.2) is 55.4 Å². The number of amides is 1. The van der Waals surface area contributed by atoms with E-state index < -0.39 is 0 Å². The van der Waals surface area contributed by atoms with Gasteiger partial charge in [-0.2, -0.15) is 15.3 Å². The zero-order chi connectivity index (χ0) is 18.8. The molecule has 10 heteroatoms. The lowest BCUT2D eigenvalue weighted by molar-refractivity contribution is 0.102. The number of anilines is 1. The maximum absolute atomic E-state index is 12.6. The fourth-order valence-electron chi connectivity index (χ4n) is 2.54. The average molecular weight is 381 g/mol. The fraction of sp³-hybridized carbons (Fsp3) is 0.0588. The predicted octanol–water partition coefficient (Wildman–Crippen LogP) is 2.46. The number of nitrogens with one attached hydrogen (secondary N) is 1. The van der Waals surface area contributed by atoms with Gasteiger partial charge in [-0.05, 0) is 25.1 Å². The van der Waals surface area contributed by atoms with Crippen LogP contribution in [0, 0.1) is 6.92 Å². The number of halogens is 1. The maximum Gasteiger partial charge on any atom is 0.259 e. The van der Waals surface area contributed by atoms with Crippen LogP contribution in [0.25, 0.3) is 11.5 Å². The van der Waals surface area contributed by atoms with Crippen molar-refractivity contribution in [2.24, 2.45) is 0 Å². The summed E-state index contributed by atoms with van der Waals surface area (Å²) in [6, 6.07) is 5.26. The standard InChI is InChI=1S/C17H13ClN8O/c1-11-14(10-23-25(11)13-3-2-4-19-9-13)17(27)24-12-7-15(18)16(20-8-12)26-21-5-6-22-26/h2-10H,1H3,(H,24,27). The van der Waals surface area contributed by atoms with Crippen molar-refractivity contribution in [1.29, 1.82) is 0 Å². The van der Waals surface area contributed by atoms with E-state index >= 15 is 0 Å². The number of pyridine rings is 2. The van der Waals surface area contributed by atoms with Crippen molar-refractivity contribution in [2.45, 2.75) is 6.92 Å². The van der Waals surface area contributed by atoms with Gasteiger partial charge in [-0.15, -0.1) is 4.80 Å². The Hall–Kier alpha value is -3.59. The fourth-order valence-corrected chi connectivity index (χ4v) is 2.78. The summed E-state index contributed by atoms with van der Waals surface area (Å²) in [4.78, 5) is 22.2. The first-order valence-corrected chi connectivity index (χ1v) is 8.30. The first kappa shape index (κ1) is 16.9. The molecule has 0 unspecified atom stereocenters. The van der Waals surface area contributed by atoms with Gasteiger partial charge in [-0.25, -0.2) is 9.67 Å². The zero-order valence-corrected chi connectivity index (χ0v) is 14.9. The number of rotatable bonds is 4. The SMILES string of the molecule is Cc1c(C(=O)Nc2cnc(-n3nccn3)c(Cl)c2)cnn1-c1cccnc1. The van der Waals surface area contributed by atoms with E-state index in [4.69, 9.17) is 11.6 Å². The molecule has 1 N–H and O–H groups in total. The lowest BCUT2D eigenvalue weighted by atomic mass is 10.2. The molecule has 4 aromatic heterocycles. The van der Waals surface area contributed by atoms with E-state index in [-0.39, 0.29) is 5.91 Å².